The van der Waals surface area contributed by atoms with Crippen LogP contribution in [0, 0.1) is 0 Å². The Morgan fingerprint density at radius 2 is 1.73 bits per heavy atom. The Morgan fingerprint density at radius 3 is 2.00 bits per heavy atom. The Balaban J connectivity index is 2.21. The van der Waals surface area contributed by atoms with Crippen LogP contribution in [0.5, 0.6) is 0 Å². The quantitative estimate of drug-likeness (QED) is 0.575. The van der Waals surface area contributed by atoms with Crippen LogP contribution in [0.2, 0.25) is 0 Å². The van der Waals surface area contributed by atoms with Gasteiger partial charge in [-0.2, -0.15) is 0 Å². The summed E-state index contributed by atoms with van der Waals surface area (Å²) in [5.74, 6) is 0. The van der Waals surface area contributed by atoms with Crippen LogP contribution >= 0.6 is 0 Å². The number of epoxide rings is 1. The predicted octanol–water partition coefficient (Wildman–Crippen LogP) is 1.51. The van der Waals surface area contributed by atoms with Gasteiger partial charge in [-0.15, -0.1) is 0 Å². The van der Waals surface area contributed by atoms with Crippen LogP contribution in [0.25, 0.3) is 0 Å². The molecule has 1 saturated heterocycles. The highest BCUT2D eigenvalue weighted by Gasteiger charge is 2.47. The van der Waals surface area contributed by atoms with E-state index in [1.165, 1.54) is 0 Å². The fourth-order valence-electron chi connectivity index (χ4n) is 1.31. The SMILES string of the molecule is CCN(CC)C[C@H]1OC1(C)C. The Morgan fingerprint density at radius 1 is 1.27 bits per heavy atom. The van der Waals surface area contributed by atoms with E-state index in [2.05, 4.69) is 32.6 Å². The van der Waals surface area contributed by atoms with Gasteiger partial charge in [0.2, 0.25) is 0 Å². The molecule has 2 heteroatoms. The minimum atomic E-state index is 0.155. The molecule has 1 rings (SSSR count). The van der Waals surface area contributed by atoms with Gasteiger partial charge >= 0.3 is 0 Å². The van der Waals surface area contributed by atoms with Gasteiger partial charge in [-0.25, -0.2) is 0 Å². The molecule has 0 aromatic carbocycles. The molecule has 0 bridgehead atoms. The molecule has 0 amide bonds. The molecule has 0 unspecified atom stereocenters. The van der Waals surface area contributed by atoms with Crippen molar-refractivity contribution >= 4 is 0 Å². The van der Waals surface area contributed by atoms with Crippen molar-refractivity contribution in [2.75, 3.05) is 19.6 Å². The monoisotopic (exact) mass is 157 g/mol. The van der Waals surface area contributed by atoms with Gasteiger partial charge in [0.05, 0.1) is 11.7 Å². The first kappa shape index (κ1) is 9.01. The van der Waals surface area contributed by atoms with Crippen LogP contribution in [0.1, 0.15) is 27.7 Å². The van der Waals surface area contributed by atoms with Crippen molar-refractivity contribution < 1.29 is 4.74 Å². The van der Waals surface area contributed by atoms with Gasteiger partial charge < -0.3 is 9.64 Å². The maximum atomic E-state index is 5.50. The van der Waals surface area contributed by atoms with E-state index in [4.69, 9.17) is 4.74 Å². The predicted molar refractivity (Wildman–Crippen MR) is 46.7 cm³/mol. The van der Waals surface area contributed by atoms with Gasteiger partial charge in [0.25, 0.3) is 0 Å². The average molecular weight is 157 g/mol. The number of hydrogen-bond donors (Lipinski definition) is 0. The molecular weight excluding hydrogens is 138 g/mol. The maximum Gasteiger partial charge on any atom is 0.0994 e. The summed E-state index contributed by atoms with van der Waals surface area (Å²) in [6.45, 7) is 12.1. The molecule has 0 aliphatic carbocycles. The standard InChI is InChI=1S/C9H19NO/c1-5-10(6-2)7-8-9(3,4)11-8/h8H,5-7H2,1-4H3/t8-/m1/s1. The van der Waals surface area contributed by atoms with Crippen LogP contribution in [0.3, 0.4) is 0 Å². The van der Waals surface area contributed by atoms with Crippen molar-refractivity contribution in [1.29, 1.82) is 0 Å². The lowest BCUT2D eigenvalue weighted by molar-refractivity contribution is 0.256. The first-order valence-corrected chi connectivity index (χ1v) is 4.50. The summed E-state index contributed by atoms with van der Waals surface area (Å²) in [5.41, 5.74) is 0.155. The van der Waals surface area contributed by atoms with Crippen LogP contribution < -0.4 is 0 Å². The third-order valence-corrected chi connectivity index (χ3v) is 2.48. The van der Waals surface area contributed by atoms with E-state index in [0.717, 1.165) is 19.6 Å². The molecule has 1 aliphatic heterocycles. The lowest BCUT2D eigenvalue weighted by Gasteiger charge is -2.16. The molecule has 2 nitrogen and oxygen atoms in total. The van der Waals surface area contributed by atoms with E-state index >= 15 is 0 Å². The van der Waals surface area contributed by atoms with Crippen LogP contribution in [-0.4, -0.2) is 36.2 Å². The Labute approximate surface area is 69.5 Å². The van der Waals surface area contributed by atoms with Gasteiger partial charge in [-0.1, -0.05) is 13.8 Å². The third kappa shape index (κ3) is 2.17. The van der Waals surface area contributed by atoms with Gasteiger partial charge in [-0.3, -0.25) is 0 Å². The van der Waals surface area contributed by atoms with E-state index in [9.17, 15) is 0 Å². The number of likely N-dealkylation sites (N-methyl/N-ethyl adjacent to an activating group) is 1. The summed E-state index contributed by atoms with van der Waals surface area (Å²) in [6, 6.07) is 0. The summed E-state index contributed by atoms with van der Waals surface area (Å²) in [6.07, 6.45) is 0.474. The number of nitrogens with zero attached hydrogens (tertiary/aromatic N) is 1. The summed E-state index contributed by atoms with van der Waals surface area (Å²) in [4.78, 5) is 2.40. The van der Waals surface area contributed by atoms with E-state index in [1.54, 1.807) is 0 Å². The van der Waals surface area contributed by atoms with Gasteiger partial charge in [0.15, 0.2) is 0 Å². The number of ether oxygens (including phenoxy) is 1. The van der Waals surface area contributed by atoms with E-state index in [0.29, 0.717) is 6.10 Å². The summed E-state index contributed by atoms with van der Waals surface area (Å²) < 4.78 is 5.50. The van der Waals surface area contributed by atoms with Crippen molar-refractivity contribution in [1.82, 2.24) is 4.90 Å². The highest BCUT2D eigenvalue weighted by Crippen LogP contribution is 2.35. The Hall–Kier alpha value is -0.0800. The molecule has 0 N–H and O–H groups in total. The lowest BCUT2D eigenvalue weighted by Crippen LogP contribution is -2.29. The zero-order chi connectivity index (χ0) is 8.48. The van der Waals surface area contributed by atoms with E-state index in [1.807, 2.05) is 0 Å². The molecule has 0 aromatic rings. The van der Waals surface area contributed by atoms with Crippen molar-refractivity contribution in [2.24, 2.45) is 0 Å². The second kappa shape index (κ2) is 3.11. The van der Waals surface area contributed by atoms with Gasteiger partial charge in [0, 0.05) is 6.54 Å². The van der Waals surface area contributed by atoms with Crippen molar-refractivity contribution in [3.8, 4) is 0 Å². The van der Waals surface area contributed by atoms with Crippen LogP contribution in [0.4, 0.5) is 0 Å². The summed E-state index contributed by atoms with van der Waals surface area (Å²) >= 11 is 0. The second-order valence-electron chi connectivity index (χ2n) is 3.70. The molecule has 1 aliphatic rings. The van der Waals surface area contributed by atoms with Crippen molar-refractivity contribution in [3.05, 3.63) is 0 Å². The third-order valence-electron chi connectivity index (χ3n) is 2.48. The van der Waals surface area contributed by atoms with Crippen LogP contribution in [-0.2, 0) is 4.74 Å². The number of hydrogen-bond acceptors (Lipinski definition) is 2. The zero-order valence-electron chi connectivity index (χ0n) is 8.05. The van der Waals surface area contributed by atoms with Gasteiger partial charge in [-0.05, 0) is 26.9 Å². The largest absolute Gasteiger partial charge is 0.365 e. The van der Waals surface area contributed by atoms with Gasteiger partial charge in [0.1, 0.15) is 0 Å². The molecule has 0 spiro atoms. The van der Waals surface area contributed by atoms with Crippen LogP contribution in [0.15, 0.2) is 0 Å². The molecule has 0 aromatic heterocycles. The Bertz CT molecular complexity index is 130. The molecule has 1 fully saturated rings. The topological polar surface area (TPSA) is 15.8 Å². The summed E-state index contributed by atoms with van der Waals surface area (Å²) in [7, 11) is 0. The minimum Gasteiger partial charge on any atom is -0.365 e. The molecule has 11 heavy (non-hydrogen) atoms. The maximum absolute atomic E-state index is 5.50. The normalized spacial score (nSPS) is 27.5. The number of rotatable bonds is 4. The fraction of sp³-hybridized carbons (Fsp3) is 1.00. The lowest BCUT2D eigenvalue weighted by atomic mass is 10.1. The molecule has 0 saturated carbocycles. The molecular formula is C9H19NO. The second-order valence-corrected chi connectivity index (χ2v) is 3.70. The zero-order valence-corrected chi connectivity index (χ0v) is 8.05. The summed E-state index contributed by atoms with van der Waals surface area (Å²) in [5, 5.41) is 0. The van der Waals surface area contributed by atoms with Crippen molar-refractivity contribution in [3.63, 3.8) is 0 Å². The smallest absolute Gasteiger partial charge is 0.0994 e. The Kier molecular flexibility index (Phi) is 2.55. The van der Waals surface area contributed by atoms with E-state index in [-0.39, 0.29) is 5.60 Å². The highest BCUT2D eigenvalue weighted by atomic mass is 16.6. The van der Waals surface area contributed by atoms with E-state index < -0.39 is 0 Å². The molecule has 1 atom stereocenters. The molecule has 66 valence electrons. The fourth-order valence-corrected chi connectivity index (χ4v) is 1.31. The highest BCUT2D eigenvalue weighted by molar-refractivity contribution is 4.96. The minimum absolute atomic E-state index is 0.155. The average Bonchev–Trinajstić information content (AvgIpc) is 2.54. The first-order chi connectivity index (χ1) is 5.10. The molecule has 0 radical (unpaired) electrons. The van der Waals surface area contributed by atoms with Crippen molar-refractivity contribution in [2.45, 2.75) is 39.4 Å². The first-order valence-electron chi connectivity index (χ1n) is 4.50. The molecule has 1 heterocycles.